The maximum absolute atomic E-state index is 12.6. The number of sulfonamides is 1. The third-order valence-corrected chi connectivity index (χ3v) is 8.04. The SMILES string of the molecule is O=C(NC[C@H](O)c1csc2ccccc12)c1ccc(S(=O)(=O)N2CCCC2)cc1. The Morgan fingerprint density at radius 1 is 1.10 bits per heavy atom. The lowest BCUT2D eigenvalue weighted by molar-refractivity contribution is 0.0917. The molecule has 1 saturated heterocycles. The summed E-state index contributed by atoms with van der Waals surface area (Å²) in [6, 6.07) is 13.7. The van der Waals surface area contributed by atoms with Crippen LogP contribution in [0.5, 0.6) is 0 Å². The van der Waals surface area contributed by atoms with Crippen LogP contribution in [-0.4, -0.2) is 43.4 Å². The number of fused-ring (bicyclic) bond motifs is 1. The van der Waals surface area contributed by atoms with E-state index in [-0.39, 0.29) is 17.3 Å². The lowest BCUT2D eigenvalue weighted by Gasteiger charge is -2.16. The highest BCUT2D eigenvalue weighted by Gasteiger charge is 2.27. The molecule has 1 aromatic heterocycles. The molecule has 6 nitrogen and oxygen atoms in total. The summed E-state index contributed by atoms with van der Waals surface area (Å²) in [5.74, 6) is -0.353. The standard InChI is InChI=1S/C21H22N2O4S2/c24-19(18-14-28-20-6-2-1-5-17(18)20)13-22-21(25)15-7-9-16(10-8-15)29(26,27)23-11-3-4-12-23/h1-2,5-10,14,19,24H,3-4,11-13H2,(H,22,25)/t19-/m0/s1. The van der Waals surface area contributed by atoms with E-state index in [4.69, 9.17) is 0 Å². The molecular weight excluding hydrogens is 408 g/mol. The largest absolute Gasteiger partial charge is 0.387 e. The molecular formula is C21H22N2O4S2. The smallest absolute Gasteiger partial charge is 0.251 e. The predicted octanol–water partition coefficient (Wildman–Crippen LogP) is 3.15. The first-order valence-corrected chi connectivity index (χ1v) is 11.8. The number of aliphatic hydroxyl groups excluding tert-OH is 1. The van der Waals surface area contributed by atoms with Gasteiger partial charge in [-0.15, -0.1) is 11.3 Å². The summed E-state index contributed by atoms with van der Waals surface area (Å²) >= 11 is 1.55. The van der Waals surface area contributed by atoms with Gasteiger partial charge in [0.05, 0.1) is 11.0 Å². The highest BCUT2D eigenvalue weighted by Crippen LogP contribution is 2.30. The van der Waals surface area contributed by atoms with Crippen LogP contribution in [0.3, 0.4) is 0 Å². The lowest BCUT2D eigenvalue weighted by Crippen LogP contribution is -2.29. The minimum Gasteiger partial charge on any atom is -0.387 e. The van der Waals surface area contributed by atoms with Crippen LogP contribution in [0, 0.1) is 0 Å². The minimum absolute atomic E-state index is 0.0768. The van der Waals surface area contributed by atoms with E-state index in [2.05, 4.69) is 5.32 Å². The summed E-state index contributed by atoms with van der Waals surface area (Å²) in [5.41, 5.74) is 1.14. The van der Waals surface area contributed by atoms with Crippen molar-refractivity contribution in [1.29, 1.82) is 0 Å². The Bertz CT molecular complexity index is 1120. The minimum atomic E-state index is -3.49. The van der Waals surface area contributed by atoms with Crippen LogP contribution in [0.2, 0.25) is 0 Å². The van der Waals surface area contributed by atoms with Gasteiger partial charge in [0.15, 0.2) is 0 Å². The number of nitrogens with one attached hydrogen (secondary N) is 1. The fourth-order valence-corrected chi connectivity index (χ4v) is 6.04. The van der Waals surface area contributed by atoms with Crippen molar-refractivity contribution >= 4 is 37.4 Å². The predicted molar refractivity (Wildman–Crippen MR) is 114 cm³/mol. The van der Waals surface area contributed by atoms with Crippen LogP contribution in [0.1, 0.15) is 34.9 Å². The molecule has 0 saturated carbocycles. The summed E-state index contributed by atoms with van der Waals surface area (Å²) in [6.45, 7) is 1.16. The van der Waals surface area contributed by atoms with Crippen LogP contribution in [0.15, 0.2) is 58.8 Å². The van der Waals surface area contributed by atoms with Crippen molar-refractivity contribution in [1.82, 2.24) is 9.62 Å². The molecule has 0 spiro atoms. The van der Waals surface area contributed by atoms with Crippen molar-refractivity contribution in [3.63, 3.8) is 0 Å². The molecule has 3 aromatic rings. The molecule has 8 heteroatoms. The van der Waals surface area contributed by atoms with Gasteiger partial charge in [-0.2, -0.15) is 4.31 Å². The van der Waals surface area contributed by atoms with Crippen LogP contribution in [0.4, 0.5) is 0 Å². The maximum Gasteiger partial charge on any atom is 0.251 e. The number of carbonyl (C=O) groups excluding carboxylic acids is 1. The number of hydrogen-bond acceptors (Lipinski definition) is 5. The Morgan fingerprint density at radius 3 is 2.52 bits per heavy atom. The van der Waals surface area contributed by atoms with Crippen molar-refractivity contribution in [2.75, 3.05) is 19.6 Å². The molecule has 0 bridgehead atoms. The fourth-order valence-electron chi connectivity index (χ4n) is 3.51. The quantitative estimate of drug-likeness (QED) is 0.629. The molecule has 1 atom stereocenters. The van der Waals surface area contributed by atoms with Crippen molar-refractivity contribution in [3.05, 3.63) is 65.0 Å². The molecule has 1 amide bonds. The van der Waals surface area contributed by atoms with E-state index in [9.17, 15) is 18.3 Å². The topological polar surface area (TPSA) is 86.7 Å². The first-order chi connectivity index (χ1) is 14.0. The molecule has 2 heterocycles. The van der Waals surface area contributed by atoms with Crippen molar-refractivity contribution in [2.24, 2.45) is 0 Å². The molecule has 1 aliphatic rings. The normalized spacial score (nSPS) is 16.2. The Hall–Kier alpha value is -2.26. The number of nitrogens with zero attached hydrogens (tertiary/aromatic N) is 1. The number of benzene rings is 2. The van der Waals surface area contributed by atoms with Gasteiger partial charge >= 0.3 is 0 Å². The van der Waals surface area contributed by atoms with Crippen molar-refractivity contribution in [3.8, 4) is 0 Å². The fraction of sp³-hybridized carbons (Fsp3) is 0.286. The number of aliphatic hydroxyl groups is 1. The molecule has 2 N–H and O–H groups in total. The Balaban J connectivity index is 1.41. The molecule has 0 aliphatic carbocycles. The van der Waals surface area contributed by atoms with E-state index in [0.717, 1.165) is 28.5 Å². The number of amides is 1. The van der Waals surface area contributed by atoms with E-state index in [0.29, 0.717) is 18.7 Å². The number of hydrogen-bond donors (Lipinski definition) is 2. The Labute approximate surface area is 173 Å². The van der Waals surface area contributed by atoms with Gasteiger partial charge in [-0.3, -0.25) is 4.79 Å². The van der Waals surface area contributed by atoms with Gasteiger partial charge in [-0.25, -0.2) is 8.42 Å². The zero-order chi connectivity index (χ0) is 20.4. The first-order valence-electron chi connectivity index (χ1n) is 9.49. The molecule has 29 heavy (non-hydrogen) atoms. The van der Waals surface area contributed by atoms with Crippen LogP contribution >= 0.6 is 11.3 Å². The molecule has 0 radical (unpaired) electrons. The van der Waals surface area contributed by atoms with Crippen LogP contribution < -0.4 is 5.32 Å². The second kappa shape index (κ2) is 8.23. The van der Waals surface area contributed by atoms with Crippen LogP contribution in [0.25, 0.3) is 10.1 Å². The molecule has 2 aromatic carbocycles. The summed E-state index contributed by atoms with van der Waals surface area (Å²) < 4.78 is 27.7. The molecule has 0 unspecified atom stereocenters. The van der Waals surface area contributed by atoms with E-state index in [1.54, 1.807) is 11.3 Å². The summed E-state index contributed by atoms with van der Waals surface area (Å²) in [4.78, 5) is 12.6. The zero-order valence-electron chi connectivity index (χ0n) is 15.7. The second-order valence-electron chi connectivity index (χ2n) is 7.05. The van der Waals surface area contributed by atoms with Gasteiger partial charge in [0.25, 0.3) is 5.91 Å². The maximum atomic E-state index is 12.6. The van der Waals surface area contributed by atoms with Gasteiger partial charge in [0.2, 0.25) is 10.0 Å². The zero-order valence-corrected chi connectivity index (χ0v) is 17.4. The van der Waals surface area contributed by atoms with Crippen molar-refractivity contribution < 1.29 is 18.3 Å². The van der Waals surface area contributed by atoms with Crippen molar-refractivity contribution in [2.45, 2.75) is 23.8 Å². The van der Waals surface area contributed by atoms with E-state index in [1.165, 1.54) is 28.6 Å². The third kappa shape index (κ3) is 4.06. The lowest BCUT2D eigenvalue weighted by atomic mass is 10.1. The van der Waals surface area contributed by atoms with E-state index in [1.807, 2.05) is 29.6 Å². The van der Waals surface area contributed by atoms with Gasteiger partial charge in [0.1, 0.15) is 0 Å². The highest BCUT2D eigenvalue weighted by atomic mass is 32.2. The number of carbonyl (C=O) groups is 1. The van der Waals surface area contributed by atoms with Gasteiger partial charge in [-0.05, 0) is 53.9 Å². The van der Waals surface area contributed by atoms with E-state index < -0.39 is 16.1 Å². The molecule has 1 aliphatic heterocycles. The summed E-state index contributed by atoms with van der Waals surface area (Å²) in [6.07, 6.45) is 0.938. The summed E-state index contributed by atoms with van der Waals surface area (Å²) in [5, 5.41) is 16.1. The molecule has 1 fully saturated rings. The van der Waals surface area contributed by atoms with Gasteiger partial charge < -0.3 is 10.4 Å². The highest BCUT2D eigenvalue weighted by molar-refractivity contribution is 7.89. The average molecular weight is 431 g/mol. The second-order valence-corrected chi connectivity index (χ2v) is 9.90. The number of rotatable bonds is 6. The molecule has 152 valence electrons. The summed E-state index contributed by atoms with van der Waals surface area (Å²) in [7, 11) is -3.49. The van der Waals surface area contributed by atoms with Gasteiger partial charge in [0, 0.05) is 35.5 Å². The first kappa shape index (κ1) is 20.0. The Kier molecular flexibility index (Phi) is 5.69. The molecule has 4 rings (SSSR count). The van der Waals surface area contributed by atoms with Crippen LogP contribution in [-0.2, 0) is 10.0 Å². The van der Waals surface area contributed by atoms with E-state index >= 15 is 0 Å². The average Bonchev–Trinajstić information content (AvgIpc) is 3.42. The third-order valence-electron chi connectivity index (χ3n) is 5.15. The monoisotopic (exact) mass is 430 g/mol. The Morgan fingerprint density at radius 2 is 1.79 bits per heavy atom. The van der Waals surface area contributed by atoms with Gasteiger partial charge in [-0.1, -0.05) is 18.2 Å². The number of thiophene rings is 1.